The molecule has 0 amide bonds. The third-order valence-corrected chi connectivity index (χ3v) is 8.31. The first-order valence-corrected chi connectivity index (χ1v) is 14.6. The number of rotatable bonds is 6. The number of carbonyl (C=O) groups is 2. The normalized spacial score (nSPS) is 16.6. The van der Waals surface area contributed by atoms with Gasteiger partial charge in [-0.2, -0.15) is 23.4 Å². The summed E-state index contributed by atoms with van der Waals surface area (Å²) in [6, 6.07) is 6.87. The maximum absolute atomic E-state index is 13.5. The quantitative estimate of drug-likeness (QED) is 0.119. The Hall–Kier alpha value is -3.89. The van der Waals surface area contributed by atoms with Crippen molar-refractivity contribution in [3.05, 3.63) is 86.7 Å². The number of halogens is 2. The number of nitrogens with one attached hydrogen (secondary N) is 2. The van der Waals surface area contributed by atoms with Crippen molar-refractivity contribution in [3.63, 3.8) is 0 Å². The van der Waals surface area contributed by atoms with E-state index in [1.165, 1.54) is 30.4 Å². The van der Waals surface area contributed by atoms with Crippen LogP contribution in [0.2, 0.25) is 10.6 Å². The zero-order chi connectivity index (χ0) is 28.9. The van der Waals surface area contributed by atoms with Gasteiger partial charge in [0.15, 0.2) is 11.6 Å². The van der Waals surface area contributed by atoms with Gasteiger partial charge in [0.25, 0.3) is 10.1 Å². The molecule has 3 aromatic rings. The third-order valence-electron chi connectivity index (χ3n) is 6.08. The van der Waals surface area contributed by atoms with Crippen LogP contribution >= 0.6 is 23.2 Å². The Morgan fingerprint density at radius 2 is 1.57 bits per heavy atom. The Balaban J connectivity index is 1.63. The summed E-state index contributed by atoms with van der Waals surface area (Å²) in [7, 11) is -7.92. The van der Waals surface area contributed by atoms with E-state index in [4.69, 9.17) is 28.9 Å². The summed E-state index contributed by atoms with van der Waals surface area (Å²) in [5, 5.41) is 4.07. The summed E-state index contributed by atoms with van der Waals surface area (Å²) >= 11 is 11.6. The van der Waals surface area contributed by atoms with Gasteiger partial charge in [-0.3, -0.25) is 14.1 Å². The molecular formula is C23H16Cl2N6O7S2. The van der Waals surface area contributed by atoms with Crippen LogP contribution in [0.5, 0.6) is 0 Å². The van der Waals surface area contributed by atoms with Gasteiger partial charge in [-0.05, 0) is 41.8 Å². The first-order valence-electron chi connectivity index (χ1n) is 11.1. The van der Waals surface area contributed by atoms with Crippen LogP contribution in [0.25, 0.3) is 0 Å². The van der Waals surface area contributed by atoms with Gasteiger partial charge in [0.05, 0.1) is 22.5 Å². The minimum Gasteiger partial charge on any atom is -0.397 e. The number of aromatic nitrogens is 3. The largest absolute Gasteiger partial charge is 0.397 e. The minimum atomic E-state index is -4.93. The number of allylic oxidation sites excluding steroid dienone is 2. The van der Waals surface area contributed by atoms with Crippen molar-refractivity contribution >= 4 is 72.9 Å². The lowest BCUT2D eigenvalue weighted by Gasteiger charge is -2.25. The second-order valence-corrected chi connectivity index (χ2v) is 11.8. The van der Waals surface area contributed by atoms with Gasteiger partial charge in [0, 0.05) is 22.5 Å². The molecule has 206 valence electrons. The number of thiol groups is 1. The van der Waals surface area contributed by atoms with E-state index >= 15 is 0 Å². The van der Waals surface area contributed by atoms with E-state index in [9.17, 15) is 31.0 Å². The highest BCUT2D eigenvalue weighted by Crippen LogP contribution is 2.40. The van der Waals surface area contributed by atoms with E-state index in [1.807, 2.05) is 0 Å². The van der Waals surface area contributed by atoms with Gasteiger partial charge in [-0.25, -0.2) is 8.42 Å². The van der Waals surface area contributed by atoms with E-state index in [0.717, 1.165) is 6.07 Å². The lowest BCUT2D eigenvalue weighted by atomic mass is 9.82. The number of carbonyl (C=O) groups excluding carboxylic acids is 2. The molecule has 0 saturated carbocycles. The molecule has 2 aliphatic rings. The molecule has 13 nitrogen and oxygen atoms in total. The lowest BCUT2D eigenvalue weighted by Crippen LogP contribution is -2.26. The molecule has 0 aliphatic heterocycles. The smallest absolute Gasteiger partial charge is 0.296 e. The van der Waals surface area contributed by atoms with Gasteiger partial charge in [0.2, 0.25) is 16.5 Å². The highest BCUT2D eigenvalue weighted by Gasteiger charge is 2.36. The number of hydrogen-bond donors (Lipinski definition) is 5. The fourth-order valence-corrected chi connectivity index (χ4v) is 6.02. The predicted molar refractivity (Wildman–Crippen MR) is 146 cm³/mol. The molecule has 17 heteroatoms. The lowest BCUT2D eigenvalue weighted by molar-refractivity contribution is 0.0980. The molecule has 0 saturated heterocycles. The Kier molecular flexibility index (Phi) is 7.09. The molecule has 0 radical (unpaired) electrons. The Labute approximate surface area is 237 Å². The van der Waals surface area contributed by atoms with E-state index in [1.54, 1.807) is 6.07 Å². The van der Waals surface area contributed by atoms with Gasteiger partial charge in [-0.15, -0.1) is 0 Å². The van der Waals surface area contributed by atoms with Crippen molar-refractivity contribution in [2.45, 2.75) is 16.6 Å². The van der Waals surface area contributed by atoms with Crippen LogP contribution in [0.15, 0.2) is 58.8 Å². The Bertz CT molecular complexity index is 1860. The number of nitrogen functional groups attached to an aromatic ring is 1. The van der Waals surface area contributed by atoms with Crippen LogP contribution < -0.4 is 16.4 Å². The molecule has 0 bridgehead atoms. The fraction of sp³-hybridized carbons (Fsp3) is 0.0870. The van der Waals surface area contributed by atoms with Crippen LogP contribution in [0.3, 0.4) is 0 Å². The van der Waals surface area contributed by atoms with Crippen molar-refractivity contribution in [3.8, 4) is 0 Å². The highest BCUT2D eigenvalue weighted by molar-refractivity contribution is 7.86. The van der Waals surface area contributed by atoms with E-state index in [-0.39, 0.29) is 56.7 Å². The second kappa shape index (κ2) is 10.3. The van der Waals surface area contributed by atoms with Crippen LogP contribution in [0, 0.1) is 0 Å². The van der Waals surface area contributed by atoms with Gasteiger partial charge in [-0.1, -0.05) is 30.3 Å². The van der Waals surface area contributed by atoms with Crippen molar-refractivity contribution in [1.29, 1.82) is 0 Å². The van der Waals surface area contributed by atoms with Crippen LogP contribution in [0.1, 0.15) is 38.3 Å². The summed E-state index contributed by atoms with van der Waals surface area (Å²) < 4.78 is 58.0. The Morgan fingerprint density at radius 3 is 2.15 bits per heavy atom. The van der Waals surface area contributed by atoms with Gasteiger partial charge >= 0.3 is 0 Å². The molecule has 2 aromatic carbocycles. The van der Waals surface area contributed by atoms with Gasteiger partial charge in [0.1, 0.15) is 20.8 Å². The predicted octanol–water partition coefficient (Wildman–Crippen LogP) is 2.46. The topological polar surface area (TPSA) is 211 Å². The average molecular weight is 623 g/mol. The summed E-state index contributed by atoms with van der Waals surface area (Å²) in [6.07, 6.45) is 2.78. The zero-order valence-electron chi connectivity index (χ0n) is 19.8. The molecule has 40 heavy (non-hydrogen) atoms. The summed E-state index contributed by atoms with van der Waals surface area (Å²) in [4.78, 5) is 37.4. The molecule has 1 unspecified atom stereocenters. The van der Waals surface area contributed by atoms with E-state index in [2.05, 4.69) is 25.6 Å². The Morgan fingerprint density at radius 1 is 0.975 bits per heavy atom. The molecule has 5 rings (SSSR count). The first-order chi connectivity index (χ1) is 18.8. The van der Waals surface area contributed by atoms with Crippen molar-refractivity contribution in [2.75, 3.05) is 16.4 Å². The number of anilines is 3. The molecule has 0 fully saturated rings. The van der Waals surface area contributed by atoms with Crippen LogP contribution in [-0.2, 0) is 20.8 Å². The number of ketones is 2. The molecular weight excluding hydrogens is 607 g/mol. The highest BCUT2D eigenvalue weighted by atomic mass is 35.5. The molecule has 2 aliphatic carbocycles. The third kappa shape index (κ3) is 5.04. The molecule has 5 N–H and O–H groups in total. The van der Waals surface area contributed by atoms with Crippen molar-refractivity contribution < 1.29 is 31.0 Å². The van der Waals surface area contributed by atoms with Crippen LogP contribution in [-0.4, -0.2) is 53.2 Å². The number of nitrogens with two attached hydrogens (primary N) is 1. The van der Waals surface area contributed by atoms with E-state index in [0.29, 0.717) is 0 Å². The molecule has 1 aromatic heterocycles. The fourth-order valence-electron chi connectivity index (χ4n) is 4.37. The standard InChI is InChI=1S/C23H16Cl2N6O7S2/c24-21-29-22(25)31-23(30-21)28-12-7-9(5-6-14(12)39(34)35)27-13-8-15(40(36,37)38)18(26)17-16(13)19(32)10-3-1-2-4-11(10)20(17)33/h1-5,7-8,14,27,39H,6,26H2,(H,36,37,38)(H,28,29,30,31). The molecule has 1 atom stereocenters. The maximum Gasteiger partial charge on any atom is 0.296 e. The van der Waals surface area contributed by atoms with Gasteiger partial charge < -0.3 is 16.4 Å². The molecule has 1 heterocycles. The number of nitrogens with zero attached hydrogens (tertiary/aromatic N) is 3. The number of fused-ring (bicyclic) bond motifs is 2. The maximum atomic E-state index is 13.5. The average Bonchev–Trinajstić information content (AvgIpc) is 2.86. The number of hydrogen-bond acceptors (Lipinski definition) is 12. The SMILES string of the molecule is Nc1c(S(=O)(=O)O)cc(NC2=CCC([SH](=O)=O)C(Nc3nc(Cl)nc(Cl)n3)=C2)c2c1C(=O)c1ccccc1C2=O. The zero-order valence-corrected chi connectivity index (χ0v) is 23.0. The summed E-state index contributed by atoms with van der Waals surface area (Å²) in [5.74, 6) is -1.47. The second-order valence-electron chi connectivity index (χ2n) is 8.51. The van der Waals surface area contributed by atoms with Crippen LogP contribution in [0.4, 0.5) is 17.3 Å². The van der Waals surface area contributed by atoms with Crippen molar-refractivity contribution in [1.82, 2.24) is 15.0 Å². The summed E-state index contributed by atoms with van der Waals surface area (Å²) in [6.45, 7) is 0. The monoisotopic (exact) mass is 622 g/mol. The van der Waals surface area contributed by atoms with Crippen molar-refractivity contribution in [2.24, 2.45) is 0 Å². The number of benzene rings is 2. The summed E-state index contributed by atoms with van der Waals surface area (Å²) in [5.41, 5.74) is 5.03. The minimum absolute atomic E-state index is 0.0187. The first kappa shape index (κ1) is 27.7. The molecule has 0 spiro atoms. The van der Waals surface area contributed by atoms with E-state index < -0.39 is 53.8 Å².